The molecule has 1 aliphatic heterocycles. The first-order valence-corrected chi connectivity index (χ1v) is 6.38. The lowest BCUT2D eigenvalue weighted by molar-refractivity contribution is 0.358. The molecule has 1 saturated heterocycles. The summed E-state index contributed by atoms with van der Waals surface area (Å²) in [5, 5.41) is 7.87. The van der Waals surface area contributed by atoms with Crippen molar-refractivity contribution < 1.29 is 0 Å². The first kappa shape index (κ1) is 11.9. The Morgan fingerprint density at radius 2 is 2.00 bits per heavy atom. The highest BCUT2D eigenvalue weighted by molar-refractivity contribution is 5.36. The Balaban J connectivity index is 1.74. The minimum Gasteiger partial charge on any atom is -0.352 e. The first-order chi connectivity index (χ1) is 9.25. The maximum atomic E-state index is 12.0. The molecule has 1 aliphatic rings. The molecular weight excluding hydrogens is 244 g/mol. The summed E-state index contributed by atoms with van der Waals surface area (Å²) < 4.78 is 3.46. The average molecular weight is 260 g/mol. The molecule has 7 nitrogen and oxygen atoms in total. The van der Waals surface area contributed by atoms with Crippen molar-refractivity contribution in [1.29, 1.82) is 0 Å². The van der Waals surface area contributed by atoms with Gasteiger partial charge in [0.1, 0.15) is 0 Å². The van der Waals surface area contributed by atoms with Crippen molar-refractivity contribution >= 4 is 5.82 Å². The van der Waals surface area contributed by atoms with Gasteiger partial charge in [-0.3, -0.25) is 4.79 Å². The Bertz CT molecular complexity index is 597. The van der Waals surface area contributed by atoms with Crippen molar-refractivity contribution in [1.82, 2.24) is 24.5 Å². The second-order valence-corrected chi connectivity index (χ2v) is 4.77. The first-order valence-electron chi connectivity index (χ1n) is 6.38. The third kappa shape index (κ3) is 2.23. The van der Waals surface area contributed by atoms with Crippen LogP contribution in [0.2, 0.25) is 0 Å². The largest absolute Gasteiger partial charge is 0.352 e. The van der Waals surface area contributed by atoms with E-state index in [1.54, 1.807) is 30.2 Å². The number of hydrogen-bond donors (Lipinski definition) is 0. The Labute approximate surface area is 110 Å². The zero-order valence-electron chi connectivity index (χ0n) is 10.8. The number of piperidine rings is 1. The van der Waals surface area contributed by atoms with Crippen molar-refractivity contribution in [3.05, 3.63) is 35.1 Å². The lowest BCUT2D eigenvalue weighted by Crippen LogP contribution is -2.39. The summed E-state index contributed by atoms with van der Waals surface area (Å²) in [7, 11) is 1.75. The fraction of sp³-hybridized carbons (Fsp3) is 0.500. The van der Waals surface area contributed by atoms with Crippen LogP contribution in [0.15, 0.2) is 29.6 Å². The van der Waals surface area contributed by atoms with E-state index in [1.165, 1.54) is 0 Å². The van der Waals surface area contributed by atoms with Crippen LogP contribution in [-0.2, 0) is 7.05 Å². The minimum absolute atomic E-state index is 0.0401. The van der Waals surface area contributed by atoms with Gasteiger partial charge in [0.15, 0.2) is 5.82 Å². The highest BCUT2D eigenvalue weighted by Gasteiger charge is 2.23. The van der Waals surface area contributed by atoms with E-state index in [-0.39, 0.29) is 5.56 Å². The summed E-state index contributed by atoms with van der Waals surface area (Å²) in [6.45, 7) is 1.63. The van der Waals surface area contributed by atoms with Crippen LogP contribution in [0.1, 0.15) is 18.9 Å². The predicted molar refractivity (Wildman–Crippen MR) is 70.0 cm³/mol. The van der Waals surface area contributed by atoms with E-state index < -0.39 is 0 Å². The summed E-state index contributed by atoms with van der Waals surface area (Å²) in [6.07, 6.45) is 8.82. The van der Waals surface area contributed by atoms with Crippen molar-refractivity contribution in [2.24, 2.45) is 7.05 Å². The van der Waals surface area contributed by atoms with Crippen LogP contribution < -0.4 is 10.5 Å². The molecular formula is C12H16N6O. The zero-order chi connectivity index (χ0) is 13.2. The fourth-order valence-electron chi connectivity index (χ4n) is 2.46. The normalized spacial score (nSPS) is 16.8. The minimum atomic E-state index is -0.0401. The highest BCUT2D eigenvalue weighted by Crippen LogP contribution is 2.22. The topological polar surface area (TPSA) is 68.8 Å². The second kappa shape index (κ2) is 4.83. The SMILES string of the molecule is Cn1ccnc(N2CCC(n3ccnn3)CC2)c1=O. The van der Waals surface area contributed by atoms with Gasteiger partial charge in [-0.05, 0) is 12.8 Å². The molecule has 3 heterocycles. The second-order valence-electron chi connectivity index (χ2n) is 4.77. The molecule has 0 bridgehead atoms. The average Bonchev–Trinajstić information content (AvgIpc) is 2.96. The molecule has 7 heteroatoms. The van der Waals surface area contributed by atoms with Crippen LogP contribution >= 0.6 is 0 Å². The summed E-state index contributed by atoms with van der Waals surface area (Å²) in [5.74, 6) is 0.544. The number of hydrogen-bond acceptors (Lipinski definition) is 5. The molecule has 0 N–H and O–H groups in total. The smallest absolute Gasteiger partial charge is 0.293 e. The van der Waals surface area contributed by atoms with Gasteiger partial charge in [-0.1, -0.05) is 5.21 Å². The third-order valence-corrected chi connectivity index (χ3v) is 3.58. The molecule has 19 heavy (non-hydrogen) atoms. The number of aryl methyl sites for hydroxylation is 1. The summed E-state index contributed by atoms with van der Waals surface area (Å²) in [4.78, 5) is 18.3. The molecule has 100 valence electrons. The van der Waals surface area contributed by atoms with E-state index in [9.17, 15) is 4.79 Å². The maximum absolute atomic E-state index is 12.0. The van der Waals surface area contributed by atoms with Crippen molar-refractivity contribution in [2.75, 3.05) is 18.0 Å². The van der Waals surface area contributed by atoms with Gasteiger partial charge in [0.05, 0.1) is 12.2 Å². The zero-order valence-corrected chi connectivity index (χ0v) is 10.8. The highest BCUT2D eigenvalue weighted by atomic mass is 16.1. The van der Waals surface area contributed by atoms with Gasteiger partial charge in [0, 0.05) is 38.7 Å². The molecule has 0 radical (unpaired) electrons. The lowest BCUT2D eigenvalue weighted by atomic mass is 10.1. The molecule has 0 unspecified atom stereocenters. The van der Waals surface area contributed by atoms with Crippen molar-refractivity contribution in [3.63, 3.8) is 0 Å². The molecule has 2 aromatic rings. The van der Waals surface area contributed by atoms with Crippen LogP contribution in [0.25, 0.3) is 0 Å². The van der Waals surface area contributed by atoms with Crippen LogP contribution in [0.5, 0.6) is 0 Å². The van der Waals surface area contributed by atoms with Crippen molar-refractivity contribution in [3.8, 4) is 0 Å². The van der Waals surface area contributed by atoms with E-state index in [0.717, 1.165) is 25.9 Å². The lowest BCUT2D eigenvalue weighted by Gasteiger charge is -2.32. The van der Waals surface area contributed by atoms with Gasteiger partial charge in [0.25, 0.3) is 5.56 Å². The van der Waals surface area contributed by atoms with Gasteiger partial charge < -0.3 is 9.47 Å². The van der Waals surface area contributed by atoms with Gasteiger partial charge >= 0.3 is 0 Å². The molecule has 0 aliphatic carbocycles. The quantitative estimate of drug-likeness (QED) is 0.772. The number of rotatable bonds is 2. The molecule has 0 spiro atoms. The number of aromatic nitrogens is 5. The molecule has 0 aromatic carbocycles. The Hall–Kier alpha value is -2.18. The monoisotopic (exact) mass is 260 g/mol. The molecule has 1 fully saturated rings. The predicted octanol–water partition coefficient (Wildman–Crippen LogP) is 0.213. The summed E-state index contributed by atoms with van der Waals surface area (Å²) in [6, 6.07) is 0.367. The summed E-state index contributed by atoms with van der Waals surface area (Å²) >= 11 is 0. The van der Waals surface area contributed by atoms with E-state index in [4.69, 9.17) is 0 Å². The van der Waals surface area contributed by atoms with Crippen LogP contribution in [0.4, 0.5) is 5.82 Å². The molecule has 0 saturated carbocycles. The summed E-state index contributed by atoms with van der Waals surface area (Å²) in [5.41, 5.74) is -0.0401. The Morgan fingerprint density at radius 3 is 2.68 bits per heavy atom. The Kier molecular flexibility index (Phi) is 3.02. The number of anilines is 1. The van der Waals surface area contributed by atoms with Crippen LogP contribution in [-0.4, -0.2) is 37.6 Å². The van der Waals surface area contributed by atoms with Crippen molar-refractivity contribution in [2.45, 2.75) is 18.9 Å². The molecule has 2 aromatic heterocycles. The fourth-order valence-corrected chi connectivity index (χ4v) is 2.46. The standard InChI is InChI=1S/C12H16N6O/c1-16-8-4-13-11(12(16)19)17-6-2-10(3-7-17)18-9-5-14-15-18/h4-5,8-10H,2-3,6-7H2,1H3. The van der Waals surface area contributed by atoms with E-state index in [1.807, 2.05) is 10.9 Å². The van der Waals surface area contributed by atoms with Gasteiger partial charge in [0.2, 0.25) is 0 Å². The van der Waals surface area contributed by atoms with E-state index >= 15 is 0 Å². The van der Waals surface area contributed by atoms with Gasteiger partial charge in [-0.15, -0.1) is 5.10 Å². The Morgan fingerprint density at radius 1 is 1.21 bits per heavy atom. The third-order valence-electron chi connectivity index (χ3n) is 3.58. The molecule has 0 atom stereocenters. The van der Waals surface area contributed by atoms with E-state index in [2.05, 4.69) is 20.2 Å². The van der Waals surface area contributed by atoms with Gasteiger partial charge in [-0.25, -0.2) is 9.67 Å². The number of nitrogens with zero attached hydrogens (tertiary/aromatic N) is 6. The molecule has 0 amide bonds. The maximum Gasteiger partial charge on any atom is 0.293 e. The van der Waals surface area contributed by atoms with E-state index in [0.29, 0.717) is 11.9 Å². The molecule has 3 rings (SSSR count). The van der Waals surface area contributed by atoms with Crippen LogP contribution in [0, 0.1) is 0 Å². The van der Waals surface area contributed by atoms with Gasteiger partial charge in [-0.2, -0.15) is 0 Å². The van der Waals surface area contributed by atoms with Crippen LogP contribution in [0.3, 0.4) is 0 Å².